The molecule has 0 aliphatic heterocycles. The molecule has 0 heterocycles. The van der Waals surface area contributed by atoms with Crippen LogP contribution in [0.3, 0.4) is 0 Å². The van der Waals surface area contributed by atoms with Gasteiger partial charge in [-0.1, -0.05) is 19.9 Å². The number of carbonyl (C=O) groups excluding carboxylic acids is 1. The van der Waals surface area contributed by atoms with Crippen LogP contribution in [0.5, 0.6) is 11.5 Å². The maximum atomic E-state index is 12.7. The number of rotatable bonds is 3. The van der Waals surface area contributed by atoms with Crippen molar-refractivity contribution in [3.05, 3.63) is 35.4 Å². The highest BCUT2D eigenvalue weighted by atomic mass is 16.5. The van der Waals surface area contributed by atoms with Gasteiger partial charge in [-0.3, -0.25) is 0 Å². The predicted octanol–water partition coefficient (Wildman–Crippen LogP) is 3.97. The molecule has 0 spiro atoms. The number of aliphatic hydroxyl groups excluding tert-OH is 1. The van der Waals surface area contributed by atoms with Crippen molar-refractivity contribution >= 4 is 5.97 Å². The Labute approximate surface area is 173 Å². The van der Waals surface area contributed by atoms with Crippen molar-refractivity contribution in [3.8, 4) is 11.5 Å². The SMILES string of the molecule is COc1cc(C(=O)O[C@@H]2CC[C@](C)(O)CCCC(C)(C)[C@@H](O)C=C2C)ccc1O. The largest absolute Gasteiger partial charge is 0.504 e. The molecular weight excluding hydrogens is 372 g/mol. The Bertz CT molecular complexity index is 750. The number of aromatic hydroxyl groups is 1. The second-order valence-corrected chi connectivity index (χ2v) is 9.01. The Morgan fingerprint density at radius 3 is 2.52 bits per heavy atom. The summed E-state index contributed by atoms with van der Waals surface area (Å²) in [7, 11) is 1.41. The molecule has 1 aliphatic carbocycles. The lowest BCUT2D eigenvalue weighted by Gasteiger charge is -2.30. The van der Waals surface area contributed by atoms with Crippen LogP contribution in [0.15, 0.2) is 29.8 Å². The Morgan fingerprint density at radius 2 is 1.86 bits per heavy atom. The van der Waals surface area contributed by atoms with E-state index in [2.05, 4.69) is 0 Å². The standard InChI is InChI=1S/C23H34O6/c1-15-13-20(25)22(2,3)10-6-11-23(4,27)12-9-18(15)29-21(26)16-7-8-17(24)19(14-16)28-5/h7-8,13-14,18,20,24-25,27H,6,9-12H2,1-5H3/t18-,20+,23-/m1/s1. The third-order valence-electron chi connectivity index (χ3n) is 5.88. The van der Waals surface area contributed by atoms with Crippen molar-refractivity contribution in [2.75, 3.05) is 7.11 Å². The van der Waals surface area contributed by atoms with Crippen molar-refractivity contribution < 1.29 is 29.6 Å². The van der Waals surface area contributed by atoms with Gasteiger partial charge >= 0.3 is 5.97 Å². The third-order valence-corrected chi connectivity index (χ3v) is 5.88. The van der Waals surface area contributed by atoms with E-state index in [0.717, 1.165) is 18.4 Å². The fourth-order valence-electron chi connectivity index (χ4n) is 3.60. The normalized spacial score (nSPS) is 28.0. The second-order valence-electron chi connectivity index (χ2n) is 9.01. The fourth-order valence-corrected chi connectivity index (χ4v) is 3.60. The third kappa shape index (κ3) is 6.21. The zero-order valence-electron chi connectivity index (χ0n) is 18.1. The van der Waals surface area contributed by atoms with Crippen LogP contribution in [0.4, 0.5) is 0 Å². The summed E-state index contributed by atoms with van der Waals surface area (Å²) in [4.78, 5) is 12.7. The zero-order chi connectivity index (χ0) is 21.8. The quantitative estimate of drug-likeness (QED) is 0.519. The van der Waals surface area contributed by atoms with E-state index in [0.29, 0.717) is 19.3 Å². The van der Waals surface area contributed by atoms with Gasteiger partial charge in [0.05, 0.1) is 24.4 Å². The lowest BCUT2D eigenvalue weighted by atomic mass is 9.80. The van der Waals surface area contributed by atoms with Crippen LogP contribution in [0, 0.1) is 5.41 Å². The molecular formula is C23H34O6. The van der Waals surface area contributed by atoms with E-state index in [-0.39, 0.29) is 22.5 Å². The van der Waals surface area contributed by atoms with Crippen LogP contribution in [0.1, 0.15) is 70.2 Å². The Kier molecular flexibility index (Phi) is 7.35. The van der Waals surface area contributed by atoms with Crippen LogP contribution in [0.25, 0.3) is 0 Å². The number of aliphatic hydroxyl groups is 2. The van der Waals surface area contributed by atoms with Crippen molar-refractivity contribution in [2.24, 2.45) is 5.41 Å². The Hall–Kier alpha value is -2.05. The molecule has 0 radical (unpaired) electrons. The lowest BCUT2D eigenvalue weighted by molar-refractivity contribution is 0.00974. The molecule has 0 saturated carbocycles. The minimum absolute atomic E-state index is 0.0588. The van der Waals surface area contributed by atoms with Crippen LogP contribution in [-0.2, 0) is 4.74 Å². The van der Waals surface area contributed by atoms with Gasteiger partial charge in [0.25, 0.3) is 0 Å². The molecule has 0 aromatic heterocycles. The number of phenolic OH excluding ortho intramolecular Hbond substituents is 1. The van der Waals surface area contributed by atoms with E-state index in [9.17, 15) is 20.1 Å². The molecule has 1 aliphatic rings. The highest BCUT2D eigenvalue weighted by Gasteiger charge is 2.31. The van der Waals surface area contributed by atoms with Crippen molar-refractivity contribution in [1.82, 2.24) is 0 Å². The predicted molar refractivity (Wildman–Crippen MR) is 111 cm³/mol. The molecule has 0 saturated heterocycles. The minimum Gasteiger partial charge on any atom is -0.504 e. The highest BCUT2D eigenvalue weighted by Crippen LogP contribution is 2.34. The molecule has 162 valence electrons. The minimum atomic E-state index is -0.863. The van der Waals surface area contributed by atoms with Crippen LogP contribution in [-0.4, -0.2) is 46.2 Å². The van der Waals surface area contributed by atoms with Gasteiger partial charge in [0.15, 0.2) is 11.5 Å². The van der Waals surface area contributed by atoms with Crippen molar-refractivity contribution in [2.45, 2.75) is 77.6 Å². The first-order valence-corrected chi connectivity index (χ1v) is 10.1. The summed E-state index contributed by atoms with van der Waals surface area (Å²) >= 11 is 0. The summed E-state index contributed by atoms with van der Waals surface area (Å²) in [6, 6.07) is 4.28. The molecule has 29 heavy (non-hydrogen) atoms. The van der Waals surface area contributed by atoms with Crippen molar-refractivity contribution in [3.63, 3.8) is 0 Å². The maximum absolute atomic E-state index is 12.7. The highest BCUT2D eigenvalue weighted by molar-refractivity contribution is 5.90. The number of methoxy groups -OCH3 is 1. The molecule has 0 unspecified atom stereocenters. The first-order valence-electron chi connectivity index (χ1n) is 10.1. The molecule has 6 nitrogen and oxygen atoms in total. The van der Waals surface area contributed by atoms with Gasteiger partial charge in [0.2, 0.25) is 0 Å². The lowest BCUT2D eigenvalue weighted by Crippen LogP contribution is -2.29. The van der Waals surface area contributed by atoms with Crippen LogP contribution in [0.2, 0.25) is 0 Å². The number of hydrogen-bond acceptors (Lipinski definition) is 6. The number of benzene rings is 1. The molecule has 1 aromatic carbocycles. The number of phenols is 1. The summed E-state index contributed by atoms with van der Waals surface area (Å²) in [5.74, 6) is -0.421. The van der Waals surface area contributed by atoms with E-state index in [1.807, 2.05) is 20.8 Å². The molecule has 0 fully saturated rings. The molecule has 0 bridgehead atoms. The fraction of sp³-hybridized carbons (Fsp3) is 0.609. The monoisotopic (exact) mass is 406 g/mol. The van der Waals surface area contributed by atoms with E-state index in [1.165, 1.54) is 25.3 Å². The van der Waals surface area contributed by atoms with Gasteiger partial charge in [0, 0.05) is 0 Å². The summed E-state index contributed by atoms with van der Waals surface area (Å²) < 4.78 is 10.8. The van der Waals surface area contributed by atoms with Gasteiger partial charge in [-0.15, -0.1) is 0 Å². The summed E-state index contributed by atoms with van der Waals surface area (Å²) in [5.41, 5.74) is -0.199. The van der Waals surface area contributed by atoms with E-state index in [1.54, 1.807) is 13.0 Å². The first-order chi connectivity index (χ1) is 13.4. The van der Waals surface area contributed by atoms with E-state index >= 15 is 0 Å². The maximum Gasteiger partial charge on any atom is 0.338 e. The average molecular weight is 407 g/mol. The summed E-state index contributed by atoms with van der Waals surface area (Å²) in [6.45, 7) is 7.63. The smallest absolute Gasteiger partial charge is 0.338 e. The molecule has 3 atom stereocenters. The Balaban J connectivity index is 2.28. The number of hydrogen-bond donors (Lipinski definition) is 3. The number of ether oxygens (including phenoxy) is 2. The van der Waals surface area contributed by atoms with Gasteiger partial charge in [-0.2, -0.15) is 0 Å². The molecule has 2 rings (SSSR count). The van der Waals surface area contributed by atoms with Gasteiger partial charge in [-0.25, -0.2) is 4.79 Å². The van der Waals surface area contributed by atoms with E-state index < -0.39 is 23.8 Å². The van der Waals surface area contributed by atoms with Gasteiger partial charge in [-0.05, 0) is 75.1 Å². The van der Waals surface area contributed by atoms with Crippen LogP contribution >= 0.6 is 0 Å². The van der Waals surface area contributed by atoms with Crippen molar-refractivity contribution in [1.29, 1.82) is 0 Å². The number of carbonyl (C=O) groups is 1. The van der Waals surface area contributed by atoms with Gasteiger partial charge in [0.1, 0.15) is 6.10 Å². The molecule has 3 N–H and O–H groups in total. The van der Waals surface area contributed by atoms with E-state index in [4.69, 9.17) is 9.47 Å². The Morgan fingerprint density at radius 1 is 1.17 bits per heavy atom. The molecule has 0 amide bonds. The van der Waals surface area contributed by atoms with Gasteiger partial charge < -0.3 is 24.8 Å². The molecule has 1 aromatic rings. The first kappa shape index (κ1) is 23.2. The number of esters is 1. The van der Waals surface area contributed by atoms with Crippen LogP contribution < -0.4 is 4.74 Å². The summed E-state index contributed by atoms with van der Waals surface area (Å²) in [5, 5.41) is 31.1. The topological polar surface area (TPSA) is 96.2 Å². The molecule has 6 heteroatoms. The summed E-state index contributed by atoms with van der Waals surface area (Å²) in [6.07, 6.45) is 3.65. The average Bonchev–Trinajstić information content (AvgIpc) is 2.65. The second kappa shape index (κ2) is 9.18. The zero-order valence-corrected chi connectivity index (χ0v) is 18.1.